The Bertz CT molecular complexity index is 261. The largest absolute Gasteiger partial charge is 0.313 e. The van der Waals surface area contributed by atoms with Crippen LogP contribution in [0.5, 0.6) is 0 Å². The zero-order valence-electron chi connectivity index (χ0n) is 7.20. The van der Waals surface area contributed by atoms with Crippen molar-refractivity contribution in [2.45, 2.75) is 6.42 Å². The number of likely N-dealkylation sites (N-methyl/N-ethyl adjacent to an activating group) is 1. The van der Waals surface area contributed by atoms with Crippen LogP contribution in [0, 0.1) is 11.5 Å². The van der Waals surface area contributed by atoms with Gasteiger partial charge in [-0.2, -0.15) is 5.26 Å². The normalized spacial score (nSPS) is 9.00. The molecule has 0 aliphatic carbocycles. The average molecular weight is 160 g/mol. The number of hydrogen-bond acceptors (Lipinski definition) is 2. The van der Waals surface area contributed by atoms with E-state index in [0.29, 0.717) is 0 Å². The van der Waals surface area contributed by atoms with Crippen LogP contribution in [-0.2, 0) is 6.42 Å². The lowest BCUT2D eigenvalue weighted by Crippen LogP contribution is -2.14. The van der Waals surface area contributed by atoms with Gasteiger partial charge in [0.15, 0.2) is 6.19 Å². The average Bonchev–Trinajstić information content (AvgIpc) is 2.16. The maximum absolute atomic E-state index is 8.49. The first-order chi connectivity index (χ1) is 5.83. The number of nitrogens with zero attached hydrogens (tertiary/aromatic N) is 2. The van der Waals surface area contributed by atoms with Crippen LogP contribution in [-0.4, -0.2) is 18.5 Å². The van der Waals surface area contributed by atoms with Crippen LogP contribution in [0.25, 0.3) is 0 Å². The Morgan fingerprint density at radius 2 is 2.00 bits per heavy atom. The Kier molecular flexibility index (Phi) is 3.16. The number of rotatable bonds is 3. The first-order valence-electron chi connectivity index (χ1n) is 3.97. The first kappa shape index (κ1) is 8.61. The maximum atomic E-state index is 8.49. The lowest BCUT2D eigenvalue weighted by molar-refractivity contribution is 0.478. The van der Waals surface area contributed by atoms with E-state index in [0.717, 1.165) is 13.0 Å². The molecule has 1 aromatic carbocycles. The van der Waals surface area contributed by atoms with Crippen LogP contribution in [0.15, 0.2) is 30.3 Å². The molecule has 0 radical (unpaired) electrons. The molecule has 2 nitrogen and oxygen atoms in total. The van der Waals surface area contributed by atoms with E-state index in [1.165, 1.54) is 5.56 Å². The fourth-order valence-corrected chi connectivity index (χ4v) is 0.991. The van der Waals surface area contributed by atoms with E-state index in [-0.39, 0.29) is 0 Å². The smallest absolute Gasteiger partial charge is 0.179 e. The molecular formula is C10H12N2. The van der Waals surface area contributed by atoms with Crippen molar-refractivity contribution < 1.29 is 0 Å². The Hall–Kier alpha value is -1.49. The van der Waals surface area contributed by atoms with Gasteiger partial charge >= 0.3 is 0 Å². The Labute approximate surface area is 73.0 Å². The van der Waals surface area contributed by atoms with Gasteiger partial charge < -0.3 is 4.90 Å². The Morgan fingerprint density at radius 3 is 2.58 bits per heavy atom. The van der Waals surface area contributed by atoms with E-state index in [9.17, 15) is 0 Å². The summed E-state index contributed by atoms with van der Waals surface area (Å²) in [5, 5.41) is 8.49. The molecule has 2 heteroatoms. The second kappa shape index (κ2) is 4.40. The van der Waals surface area contributed by atoms with Gasteiger partial charge in [-0.3, -0.25) is 0 Å². The van der Waals surface area contributed by atoms with Crippen LogP contribution in [0.3, 0.4) is 0 Å². The van der Waals surface area contributed by atoms with Gasteiger partial charge in [0, 0.05) is 13.6 Å². The van der Waals surface area contributed by atoms with Gasteiger partial charge in [-0.1, -0.05) is 30.3 Å². The summed E-state index contributed by atoms with van der Waals surface area (Å²) in [5.74, 6) is 0. The standard InChI is InChI=1S/C10H12N2/c1-12(9-11)8-7-10-5-3-2-4-6-10/h2-6H,7-8H2,1H3. The Balaban J connectivity index is 2.40. The molecular weight excluding hydrogens is 148 g/mol. The second-order valence-electron chi connectivity index (χ2n) is 2.76. The lowest BCUT2D eigenvalue weighted by Gasteiger charge is -2.07. The van der Waals surface area contributed by atoms with E-state index in [2.05, 4.69) is 18.3 Å². The summed E-state index contributed by atoms with van der Waals surface area (Å²) < 4.78 is 0. The highest BCUT2D eigenvalue weighted by Crippen LogP contribution is 1.99. The predicted molar refractivity (Wildman–Crippen MR) is 48.4 cm³/mol. The lowest BCUT2D eigenvalue weighted by atomic mass is 10.1. The number of nitriles is 1. The van der Waals surface area contributed by atoms with Crippen molar-refractivity contribution in [1.82, 2.24) is 4.90 Å². The second-order valence-corrected chi connectivity index (χ2v) is 2.76. The van der Waals surface area contributed by atoms with Crippen LogP contribution in [0.4, 0.5) is 0 Å². The predicted octanol–water partition coefficient (Wildman–Crippen LogP) is 1.64. The topological polar surface area (TPSA) is 27.0 Å². The van der Waals surface area contributed by atoms with E-state index >= 15 is 0 Å². The zero-order valence-corrected chi connectivity index (χ0v) is 7.20. The summed E-state index contributed by atoms with van der Waals surface area (Å²) in [6, 6.07) is 10.2. The minimum absolute atomic E-state index is 0.792. The molecule has 0 atom stereocenters. The zero-order chi connectivity index (χ0) is 8.81. The fraction of sp³-hybridized carbons (Fsp3) is 0.300. The summed E-state index contributed by atoms with van der Waals surface area (Å²) >= 11 is 0. The van der Waals surface area contributed by atoms with Gasteiger partial charge in [0.25, 0.3) is 0 Å². The summed E-state index contributed by atoms with van der Waals surface area (Å²) in [6.45, 7) is 0.792. The number of hydrogen-bond donors (Lipinski definition) is 0. The molecule has 0 saturated carbocycles. The molecule has 0 spiro atoms. The van der Waals surface area contributed by atoms with Crippen molar-refractivity contribution in [2.75, 3.05) is 13.6 Å². The van der Waals surface area contributed by atoms with Gasteiger partial charge in [0.1, 0.15) is 0 Å². The molecule has 1 aromatic rings. The molecule has 0 N–H and O–H groups in total. The summed E-state index contributed by atoms with van der Waals surface area (Å²) in [5.41, 5.74) is 1.28. The van der Waals surface area contributed by atoms with Crippen molar-refractivity contribution in [2.24, 2.45) is 0 Å². The molecule has 0 heterocycles. The van der Waals surface area contributed by atoms with E-state index < -0.39 is 0 Å². The van der Waals surface area contributed by atoms with Gasteiger partial charge in [0.2, 0.25) is 0 Å². The van der Waals surface area contributed by atoms with Crippen molar-refractivity contribution in [3.8, 4) is 6.19 Å². The quantitative estimate of drug-likeness (QED) is 0.496. The van der Waals surface area contributed by atoms with Crippen molar-refractivity contribution in [1.29, 1.82) is 5.26 Å². The van der Waals surface area contributed by atoms with E-state index in [1.807, 2.05) is 18.2 Å². The first-order valence-corrected chi connectivity index (χ1v) is 3.97. The number of benzene rings is 1. The molecule has 0 aliphatic heterocycles. The fourth-order valence-electron chi connectivity index (χ4n) is 0.991. The van der Waals surface area contributed by atoms with Crippen LogP contribution in [0.2, 0.25) is 0 Å². The van der Waals surface area contributed by atoms with Gasteiger partial charge in [-0.25, -0.2) is 0 Å². The summed E-state index contributed by atoms with van der Waals surface area (Å²) in [6.07, 6.45) is 3.00. The molecule has 0 aliphatic rings. The summed E-state index contributed by atoms with van der Waals surface area (Å²) in [7, 11) is 1.79. The maximum Gasteiger partial charge on any atom is 0.179 e. The highest BCUT2D eigenvalue weighted by molar-refractivity contribution is 5.14. The highest BCUT2D eigenvalue weighted by atomic mass is 15.1. The molecule has 0 bridgehead atoms. The van der Waals surface area contributed by atoms with Crippen molar-refractivity contribution in [3.63, 3.8) is 0 Å². The molecule has 0 aromatic heterocycles. The molecule has 12 heavy (non-hydrogen) atoms. The van der Waals surface area contributed by atoms with Crippen LogP contribution >= 0.6 is 0 Å². The van der Waals surface area contributed by atoms with Crippen molar-refractivity contribution >= 4 is 0 Å². The molecule has 1 rings (SSSR count). The molecule has 62 valence electrons. The van der Waals surface area contributed by atoms with Crippen LogP contribution in [0.1, 0.15) is 5.56 Å². The van der Waals surface area contributed by atoms with E-state index in [4.69, 9.17) is 5.26 Å². The molecule has 0 amide bonds. The third-order valence-corrected chi connectivity index (χ3v) is 1.75. The highest BCUT2D eigenvalue weighted by Gasteiger charge is 1.94. The van der Waals surface area contributed by atoms with Gasteiger partial charge in [-0.05, 0) is 12.0 Å². The minimum atomic E-state index is 0.792. The monoisotopic (exact) mass is 160 g/mol. The van der Waals surface area contributed by atoms with E-state index in [1.54, 1.807) is 11.9 Å². The minimum Gasteiger partial charge on any atom is -0.313 e. The van der Waals surface area contributed by atoms with Crippen LogP contribution < -0.4 is 0 Å². The van der Waals surface area contributed by atoms with Crippen molar-refractivity contribution in [3.05, 3.63) is 35.9 Å². The molecule has 0 fully saturated rings. The van der Waals surface area contributed by atoms with Gasteiger partial charge in [0.05, 0.1) is 0 Å². The third-order valence-electron chi connectivity index (χ3n) is 1.75. The van der Waals surface area contributed by atoms with Gasteiger partial charge in [-0.15, -0.1) is 0 Å². The molecule has 0 unspecified atom stereocenters. The molecule has 0 saturated heterocycles. The Morgan fingerprint density at radius 1 is 1.33 bits per heavy atom. The SMILES string of the molecule is CN(C#N)CCc1ccccc1. The third kappa shape index (κ3) is 2.63. The summed E-state index contributed by atoms with van der Waals surface area (Å²) in [4.78, 5) is 1.63.